The molecule has 0 aliphatic heterocycles. The molecule has 2 heteroatoms. The third-order valence-electron chi connectivity index (χ3n) is 2.20. The van der Waals surface area contributed by atoms with Crippen molar-refractivity contribution < 1.29 is 5.11 Å². The van der Waals surface area contributed by atoms with E-state index in [1.54, 1.807) is 6.07 Å². The van der Waals surface area contributed by atoms with E-state index < -0.39 is 0 Å². The second-order valence-corrected chi connectivity index (χ2v) is 3.76. The molecule has 0 radical (unpaired) electrons. The smallest absolute Gasteiger partial charge is 0.119 e. The molecule has 0 aromatic heterocycles. The van der Waals surface area contributed by atoms with Gasteiger partial charge in [0.1, 0.15) is 5.75 Å². The van der Waals surface area contributed by atoms with Crippen molar-refractivity contribution in [2.45, 2.75) is 32.7 Å². The topological polar surface area (TPSA) is 46.2 Å². The van der Waals surface area contributed by atoms with E-state index in [1.165, 1.54) is 0 Å². The van der Waals surface area contributed by atoms with E-state index in [0.717, 1.165) is 11.1 Å². The lowest BCUT2D eigenvalue weighted by molar-refractivity contribution is 0.464. The summed E-state index contributed by atoms with van der Waals surface area (Å²) in [5.41, 5.74) is 7.79. The normalized spacial score (nSPS) is 13.3. The van der Waals surface area contributed by atoms with Crippen LogP contribution in [0, 0.1) is 0 Å². The number of aromatic hydroxyl groups is 1. The van der Waals surface area contributed by atoms with E-state index >= 15 is 0 Å². The molecule has 1 aromatic rings. The largest absolute Gasteiger partial charge is 0.508 e. The van der Waals surface area contributed by atoms with Crippen molar-refractivity contribution in [3.05, 3.63) is 29.3 Å². The minimum Gasteiger partial charge on any atom is -0.508 e. The SMILES string of the molecule is CC(C)c1cc(C(C)N)ccc1O. The number of nitrogens with two attached hydrogens (primary N) is 1. The molecule has 0 spiro atoms. The Labute approximate surface area is 79.4 Å². The highest BCUT2D eigenvalue weighted by Gasteiger charge is 2.08. The molecule has 0 saturated carbocycles. The number of hydrogen-bond donors (Lipinski definition) is 2. The predicted octanol–water partition coefficient (Wildman–Crippen LogP) is 2.54. The van der Waals surface area contributed by atoms with Gasteiger partial charge in [-0.05, 0) is 30.0 Å². The summed E-state index contributed by atoms with van der Waals surface area (Å²) < 4.78 is 0. The van der Waals surface area contributed by atoms with Crippen LogP contribution >= 0.6 is 0 Å². The van der Waals surface area contributed by atoms with Gasteiger partial charge in [0, 0.05) is 6.04 Å². The first-order chi connectivity index (χ1) is 6.02. The van der Waals surface area contributed by atoms with Crippen LogP contribution in [0.5, 0.6) is 5.75 Å². The van der Waals surface area contributed by atoms with Crippen molar-refractivity contribution >= 4 is 0 Å². The third kappa shape index (κ3) is 2.22. The van der Waals surface area contributed by atoms with Crippen LogP contribution in [0.3, 0.4) is 0 Å². The minimum absolute atomic E-state index is 0.0260. The maximum absolute atomic E-state index is 9.55. The van der Waals surface area contributed by atoms with Gasteiger partial charge in [-0.15, -0.1) is 0 Å². The standard InChI is InChI=1S/C11H17NO/c1-7(2)10-6-9(8(3)12)4-5-11(10)13/h4-8,13H,12H2,1-3H3. The molecule has 72 valence electrons. The van der Waals surface area contributed by atoms with Crippen LogP contribution in [0.1, 0.15) is 43.9 Å². The molecule has 0 heterocycles. The van der Waals surface area contributed by atoms with Crippen molar-refractivity contribution in [2.75, 3.05) is 0 Å². The Morgan fingerprint density at radius 1 is 1.23 bits per heavy atom. The van der Waals surface area contributed by atoms with Crippen LogP contribution in [0.15, 0.2) is 18.2 Å². The van der Waals surface area contributed by atoms with E-state index in [9.17, 15) is 5.11 Å². The zero-order valence-electron chi connectivity index (χ0n) is 8.41. The molecule has 1 atom stereocenters. The molecular formula is C11H17NO. The highest BCUT2D eigenvalue weighted by atomic mass is 16.3. The van der Waals surface area contributed by atoms with Gasteiger partial charge in [-0.25, -0.2) is 0 Å². The minimum atomic E-state index is 0.0260. The van der Waals surface area contributed by atoms with Crippen molar-refractivity contribution in [2.24, 2.45) is 5.73 Å². The fourth-order valence-corrected chi connectivity index (χ4v) is 1.32. The Balaban J connectivity index is 3.11. The summed E-state index contributed by atoms with van der Waals surface area (Å²) in [7, 11) is 0. The van der Waals surface area contributed by atoms with Crippen LogP contribution < -0.4 is 5.73 Å². The van der Waals surface area contributed by atoms with Crippen LogP contribution in [-0.2, 0) is 0 Å². The zero-order valence-corrected chi connectivity index (χ0v) is 8.41. The lowest BCUT2D eigenvalue weighted by Crippen LogP contribution is -2.05. The summed E-state index contributed by atoms with van der Waals surface area (Å²) in [5, 5.41) is 9.55. The fraction of sp³-hybridized carbons (Fsp3) is 0.455. The highest BCUT2D eigenvalue weighted by molar-refractivity contribution is 5.39. The fourth-order valence-electron chi connectivity index (χ4n) is 1.32. The van der Waals surface area contributed by atoms with Crippen molar-refractivity contribution in [3.8, 4) is 5.75 Å². The first kappa shape index (κ1) is 10.1. The summed E-state index contributed by atoms with van der Waals surface area (Å²) in [6, 6.07) is 5.59. The molecule has 0 aliphatic rings. The molecule has 3 N–H and O–H groups in total. The van der Waals surface area contributed by atoms with Crippen molar-refractivity contribution in [3.63, 3.8) is 0 Å². The Morgan fingerprint density at radius 3 is 2.31 bits per heavy atom. The number of phenols is 1. The second-order valence-electron chi connectivity index (χ2n) is 3.76. The summed E-state index contributed by atoms with van der Waals surface area (Å²) in [6.45, 7) is 6.05. The first-order valence-corrected chi connectivity index (χ1v) is 4.60. The summed E-state index contributed by atoms with van der Waals surface area (Å²) in [6.07, 6.45) is 0. The molecular weight excluding hydrogens is 162 g/mol. The Morgan fingerprint density at radius 2 is 1.85 bits per heavy atom. The van der Waals surface area contributed by atoms with Gasteiger partial charge >= 0.3 is 0 Å². The third-order valence-corrected chi connectivity index (χ3v) is 2.20. The lowest BCUT2D eigenvalue weighted by atomic mass is 9.97. The molecule has 0 bridgehead atoms. The van der Waals surface area contributed by atoms with Gasteiger partial charge in [-0.1, -0.05) is 26.0 Å². The lowest BCUT2D eigenvalue weighted by Gasteiger charge is -2.12. The van der Waals surface area contributed by atoms with Gasteiger partial charge in [-0.2, -0.15) is 0 Å². The van der Waals surface area contributed by atoms with Crippen LogP contribution in [0.4, 0.5) is 0 Å². The summed E-state index contributed by atoms with van der Waals surface area (Å²) >= 11 is 0. The number of rotatable bonds is 2. The van der Waals surface area contributed by atoms with Gasteiger partial charge in [0.2, 0.25) is 0 Å². The maximum Gasteiger partial charge on any atom is 0.119 e. The van der Waals surface area contributed by atoms with Gasteiger partial charge in [-0.3, -0.25) is 0 Å². The van der Waals surface area contributed by atoms with Gasteiger partial charge in [0.25, 0.3) is 0 Å². The van der Waals surface area contributed by atoms with Crippen LogP contribution in [-0.4, -0.2) is 5.11 Å². The Bertz CT molecular complexity index is 292. The van der Waals surface area contributed by atoms with Crippen LogP contribution in [0.2, 0.25) is 0 Å². The molecule has 0 fully saturated rings. The molecule has 0 amide bonds. The van der Waals surface area contributed by atoms with Crippen molar-refractivity contribution in [1.29, 1.82) is 0 Å². The highest BCUT2D eigenvalue weighted by Crippen LogP contribution is 2.27. The van der Waals surface area contributed by atoms with E-state index in [-0.39, 0.29) is 6.04 Å². The maximum atomic E-state index is 9.55. The number of benzene rings is 1. The van der Waals surface area contributed by atoms with Gasteiger partial charge < -0.3 is 10.8 Å². The quantitative estimate of drug-likeness (QED) is 0.732. The second kappa shape index (κ2) is 3.79. The monoisotopic (exact) mass is 179 g/mol. The Hall–Kier alpha value is -1.02. The van der Waals surface area contributed by atoms with Gasteiger partial charge in [0.15, 0.2) is 0 Å². The molecule has 1 aromatic carbocycles. The van der Waals surface area contributed by atoms with E-state index in [4.69, 9.17) is 5.73 Å². The molecule has 1 rings (SSSR count). The average molecular weight is 179 g/mol. The number of phenolic OH excluding ortho intramolecular Hbond substituents is 1. The van der Waals surface area contributed by atoms with E-state index in [2.05, 4.69) is 13.8 Å². The predicted molar refractivity (Wildman–Crippen MR) is 54.8 cm³/mol. The molecule has 1 unspecified atom stereocenters. The molecule has 0 aliphatic carbocycles. The molecule has 0 saturated heterocycles. The molecule has 2 nitrogen and oxygen atoms in total. The van der Waals surface area contributed by atoms with Gasteiger partial charge in [0.05, 0.1) is 0 Å². The van der Waals surface area contributed by atoms with E-state index in [0.29, 0.717) is 11.7 Å². The number of hydrogen-bond acceptors (Lipinski definition) is 2. The first-order valence-electron chi connectivity index (χ1n) is 4.60. The van der Waals surface area contributed by atoms with E-state index in [1.807, 2.05) is 19.1 Å². The average Bonchev–Trinajstić information content (AvgIpc) is 2.04. The summed E-state index contributed by atoms with van der Waals surface area (Å²) in [5.74, 6) is 0.693. The molecule has 13 heavy (non-hydrogen) atoms. The van der Waals surface area contributed by atoms with Crippen molar-refractivity contribution in [1.82, 2.24) is 0 Å². The Kier molecular flexibility index (Phi) is 2.94. The summed E-state index contributed by atoms with van der Waals surface area (Å²) in [4.78, 5) is 0. The van der Waals surface area contributed by atoms with Crippen LogP contribution in [0.25, 0.3) is 0 Å². The zero-order chi connectivity index (χ0) is 10.0.